The third kappa shape index (κ3) is 2.43. The van der Waals surface area contributed by atoms with Crippen LogP contribution in [0.15, 0.2) is 30.5 Å². The van der Waals surface area contributed by atoms with Crippen LogP contribution in [0.25, 0.3) is 11.3 Å². The smallest absolute Gasteiger partial charge is 0.0912 e. The molecule has 1 aliphatic heterocycles. The molecule has 0 atom stereocenters. The molecular weight excluding hydrogens is 248 g/mol. The van der Waals surface area contributed by atoms with Gasteiger partial charge in [0, 0.05) is 31.7 Å². The lowest BCUT2D eigenvalue weighted by Gasteiger charge is -2.31. The molecule has 0 saturated carbocycles. The molecule has 1 fully saturated rings. The van der Waals surface area contributed by atoms with E-state index in [0.717, 1.165) is 25.9 Å². The molecule has 2 N–H and O–H groups in total. The highest BCUT2D eigenvalue weighted by Crippen LogP contribution is 2.32. The molecule has 2 heterocycles. The molecule has 1 aromatic heterocycles. The summed E-state index contributed by atoms with van der Waals surface area (Å²) in [7, 11) is 2.01. The zero-order valence-electron chi connectivity index (χ0n) is 12.2. The summed E-state index contributed by atoms with van der Waals surface area (Å²) in [6, 6.07) is 9.00. The van der Waals surface area contributed by atoms with Gasteiger partial charge in [0.2, 0.25) is 0 Å². The lowest BCUT2D eigenvalue weighted by molar-refractivity contribution is 0.501. The second-order valence-electron chi connectivity index (χ2n) is 5.69. The molecular formula is C16H22N4. The fourth-order valence-electron chi connectivity index (χ4n) is 2.84. The van der Waals surface area contributed by atoms with Gasteiger partial charge in [-0.15, -0.1) is 0 Å². The summed E-state index contributed by atoms with van der Waals surface area (Å²) in [4.78, 5) is 2.41. The van der Waals surface area contributed by atoms with Crippen molar-refractivity contribution >= 4 is 5.69 Å². The van der Waals surface area contributed by atoms with Crippen molar-refractivity contribution in [3.05, 3.63) is 36.0 Å². The van der Waals surface area contributed by atoms with Gasteiger partial charge in [-0.1, -0.05) is 29.8 Å². The normalized spacial score (nSPS) is 16.6. The first-order valence-electron chi connectivity index (χ1n) is 7.24. The molecule has 3 rings (SSSR count). The van der Waals surface area contributed by atoms with Crippen LogP contribution in [0.1, 0.15) is 18.4 Å². The molecule has 2 aromatic rings. The van der Waals surface area contributed by atoms with Crippen LogP contribution in [0.3, 0.4) is 0 Å². The first kappa shape index (κ1) is 13.2. The Balaban J connectivity index is 1.95. The maximum absolute atomic E-state index is 6.00. The van der Waals surface area contributed by atoms with Crippen LogP contribution in [0.4, 0.5) is 5.69 Å². The van der Waals surface area contributed by atoms with Gasteiger partial charge in [0.05, 0.1) is 17.6 Å². The predicted octanol–water partition coefficient (Wildman–Crippen LogP) is 2.32. The summed E-state index contributed by atoms with van der Waals surface area (Å²) in [5, 5.41) is 4.45. The number of aromatic nitrogens is 2. The lowest BCUT2D eigenvalue weighted by atomic mass is 10.0. The summed E-state index contributed by atoms with van der Waals surface area (Å²) in [6.45, 7) is 4.15. The quantitative estimate of drug-likeness (QED) is 0.911. The molecule has 1 aromatic carbocycles. The van der Waals surface area contributed by atoms with E-state index in [2.05, 4.69) is 41.2 Å². The van der Waals surface area contributed by atoms with Crippen LogP contribution in [0, 0.1) is 6.92 Å². The molecule has 0 amide bonds. The minimum absolute atomic E-state index is 0.353. The number of anilines is 1. The summed E-state index contributed by atoms with van der Waals surface area (Å²) in [5.41, 5.74) is 10.9. The number of nitrogens with two attached hydrogens (primary N) is 1. The summed E-state index contributed by atoms with van der Waals surface area (Å²) in [6.07, 6.45) is 4.09. The minimum Gasteiger partial charge on any atom is -0.368 e. The standard InChI is InChI=1S/C16H22N4/c1-12-3-5-13(6-4-12)16-15(11-18-19(16)2)20-9-7-14(17)8-10-20/h3-6,11,14H,7-10,17H2,1-2H3. The molecule has 4 nitrogen and oxygen atoms in total. The van der Waals surface area contributed by atoms with Gasteiger partial charge in [0.25, 0.3) is 0 Å². The van der Waals surface area contributed by atoms with Crippen molar-refractivity contribution in [1.29, 1.82) is 0 Å². The Bertz CT molecular complexity index is 577. The highest BCUT2D eigenvalue weighted by Gasteiger charge is 2.21. The van der Waals surface area contributed by atoms with Crippen molar-refractivity contribution in [3.63, 3.8) is 0 Å². The maximum atomic E-state index is 6.00. The SMILES string of the molecule is Cc1ccc(-c2c(N3CCC(N)CC3)cnn2C)cc1. The van der Waals surface area contributed by atoms with Gasteiger partial charge < -0.3 is 10.6 Å². The summed E-state index contributed by atoms with van der Waals surface area (Å²) < 4.78 is 1.97. The van der Waals surface area contributed by atoms with Gasteiger partial charge in [-0.2, -0.15) is 5.10 Å². The second kappa shape index (κ2) is 5.29. The van der Waals surface area contributed by atoms with E-state index in [-0.39, 0.29) is 0 Å². The van der Waals surface area contributed by atoms with Crippen molar-refractivity contribution in [1.82, 2.24) is 9.78 Å². The number of hydrogen-bond acceptors (Lipinski definition) is 3. The Morgan fingerprint density at radius 3 is 2.45 bits per heavy atom. The van der Waals surface area contributed by atoms with Crippen LogP contribution < -0.4 is 10.6 Å². The van der Waals surface area contributed by atoms with Crippen LogP contribution in [0.5, 0.6) is 0 Å². The van der Waals surface area contributed by atoms with Gasteiger partial charge in [-0.3, -0.25) is 4.68 Å². The highest BCUT2D eigenvalue weighted by atomic mass is 15.3. The largest absolute Gasteiger partial charge is 0.368 e. The van der Waals surface area contributed by atoms with Crippen LogP contribution in [-0.4, -0.2) is 28.9 Å². The Hall–Kier alpha value is -1.81. The number of piperidine rings is 1. The van der Waals surface area contributed by atoms with Gasteiger partial charge >= 0.3 is 0 Å². The third-order valence-corrected chi connectivity index (χ3v) is 4.12. The molecule has 1 saturated heterocycles. The maximum Gasteiger partial charge on any atom is 0.0912 e. The Morgan fingerprint density at radius 2 is 1.80 bits per heavy atom. The predicted molar refractivity (Wildman–Crippen MR) is 82.8 cm³/mol. The van der Waals surface area contributed by atoms with Crippen molar-refractivity contribution < 1.29 is 0 Å². The molecule has 0 spiro atoms. The fourth-order valence-corrected chi connectivity index (χ4v) is 2.84. The zero-order chi connectivity index (χ0) is 14.1. The highest BCUT2D eigenvalue weighted by molar-refractivity contribution is 5.75. The van der Waals surface area contributed by atoms with Crippen molar-refractivity contribution in [2.75, 3.05) is 18.0 Å². The number of benzene rings is 1. The monoisotopic (exact) mass is 270 g/mol. The topological polar surface area (TPSA) is 47.1 Å². The fraction of sp³-hybridized carbons (Fsp3) is 0.438. The average molecular weight is 270 g/mol. The molecule has 0 bridgehead atoms. The van der Waals surface area contributed by atoms with Crippen molar-refractivity contribution in [3.8, 4) is 11.3 Å². The number of rotatable bonds is 2. The molecule has 106 valence electrons. The van der Waals surface area contributed by atoms with E-state index in [0.29, 0.717) is 6.04 Å². The van der Waals surface area contributed by atoms with E-state index in [1.54, 1.807) is 0 Å². The minimum atomic E-state index is 0.353. The van der Waals surface area contributed by atoms with E-state index >= 15 is 0 Å². The van der Waals surface area contributed by atoms with E-state index in [4.69, 9.17) is 5.73 Å². The van der Waals surface area contributed by atoms with Gasteiger partial charge in [0.1, 0.15) is 0 Å². The number of aryl methyl sites for hydroxylation is 2. The average Bonchev–Trinajstić information content (AvgIpc) is 2.83. The molecule has 4 heteroatoms. The summed E-state index contributed by atoms with van der Waals surface area (Å²) >= 11 is 0. The van der Waals surface area contributed by atoms with Crippen LogP contribution in [0.2, 0.25) is 0 Å². The van der Waals surface area contributed by atoms with Gasteiger partial charge in [-0.25, -0.2) is 0 Å². The second-order valence-corrected chi connectivity index (χ2v) is 5.69. The van der Waals surface area contributed by atoms with E-state index in [1.165, 1.54) is 22.5 Å². The van der Waals surface area contributed by atoms with E-state index in [9.17, 15) is 0 Å². The van der Waals surface area contributed by atoms with E-state index < -0.39 is 0 Å². The third-order valence-electron chi connectivity index (χ3n) is 4.12. The Labute approximate surface area is 120 Å². The molecule has 0 unspecified atom stereocenters. The first-order chi connectivity index (χ1) is 9.65. The number of nitrogens with zero attached hydrogens (tertiary/aromatic N) is 3. The van der Waals surface area contributed by atoms with Gasteiger partial charge in [0.15, 0.2) is 0 Å². The van der Waals surface area contributed by atoms with Crippen LogP contribution in [-0.2, 0) is 7.05 Å². The van der Waals surface area contributed by atoms with Gasteiger partial charge in [-0.05, 0) is 19.8 Å². The van der Waals surface area contributed by atoms with Crippen molar-refractivity contribution in [2.24, 2.45) is 12.8 Å². The Kier molecular flexibility index (Phi) is 3.49. The first-order valence-corrected chi connectivity index (χ1v) is 7.24. The van der Waals surface area contributed by atoms with Crippen LogP contribution >= 0.6 is 0 Å². The zero-order valence-corrected chi connectivity index (χ0v) is 12.2. The Morgan fingerprint density at radius 1 is 1.15 bits per heavy atom. The lowest BCUT2D eigenvalue weighted by Crippen LogP contribution is -2.39. The van der Waals surface area contributed by atoms with E-state index in [1.807, 2.05) is 17.9 Å². The van der Waals surface area contributed by atoms with Crippen molar-refractivity contribution in [2.45, 2.75) is 25.8 Å². The number of hydrogen-bond donors (Lipinski definition) is 1. The summed E-state index contributed by atoms with van der Waals surface area (Å²) in [5.74, 6) is 0. The molecule has 1 aliphatic rings. The molecule has 20 heavy (non-hydrogen) atoms. The molecule has 0 aliphatic carbocycles. The molecule has 0 radical (unpaired) electrons.